The standard InChI is InChI=1S/C21H24ClFN2O3/c1-2-3-4-5-6-13-24-21(28)19(25-14-16(22)9-12-18(25)26)20(27)15-7-10-17(23)11-8-15/h7-12,14,19H,2-6,13H2,1H3,(H,24,28). The lowest BCUT2D eigenvalue weighted by molar-refractivity contribution is -0.123. The molecule has 0 bridgehead atoms. The Labute approximate surface area is 168 Å². The first-order valence-electron chi connectivity index (χ1n) is 9.39. The highest BCUT2D eigenvalue weighted by Crippen LogP contribution is 2.17. The fraction of sp³-hybridized carbons (Fsp3) is 0.381. The van der Waals surface area contributed by atoms with E-state index >= 15 is 0 Å². The first kappa shape index (κ1) is 21.8. The molecule has 1 atom stereocenters. The van der Waals surface area contributed by atoms with Crippen LogP contribution in [0, 0.1) is 5.82 Å². The van der Waals surface area contributed by atoms with E-state index in [1.165, 1.54) is 30.5 Å². The number of hydrogen-bond donors (Lipinski definition) is 1. The van der Waals surface area contributed by atoms with Gasteiger partial charge in [-0.15, -0.1) is 0 Å². The first-order chi connectivity index (χ1) is 13.4. The topological polar surface area (TPSA) is 68.2 Å². The van der Waals surface area contributed by atoms with Gasteiger partial charge in [0.2, 0.25) is 0 Å². The lowest BCUT2D eigenvalue weighted by Gasteiger charge is -2.19. The van der Waals surface area contributed by atoms with Gasteiger partial charge < -0.3 is 5.32 Å². The summed E-state index contributed by atoms with van der Waals surface area (Å²) in [6, 6.07) is 6.04. The highest BCUT2D eigenvalue weighted by Gasteiger charge is 2.30. The average molecular weight is 407 g/mol. The molecule has 0 aliphatic rings. The molecule has 0 saturated carbocycles. The number of ketones is 1. The van der Waals surface area contributed by atoms with E-state index < -0.39 is 29.1 Å². The van der Waals surface area contributed by atoms with Crippen molar-refractivity contribution in [3.63, 3.8) is 0 Å². The number of benzene rings is 1. The van der Waals surface area contributed by atoms with Gasteiger partial charge in [0.05, 0.1) is 5.02 Å². The maximum Gasteiger partial charge on any atom is 0.251 e. The molecule has 0 spiro atoms. The number of aromatic nitrogens is 1. The SMILES string of the molecule is CCCCCCCNC(=O)C(C(=O)c1ccc(F)cc1)n1cc(Cl)ccc1=O. The van der Waals surface area contributed by atoms with E-state index in [2.05, 4.69) is 12.2 Å². The van der Waals surface area contributed by atoms with E-state index in [0.29, 0.717) is 6.54 Å². The van der Waals surface area contributed by atoms with Crippen molar-refractivity contribution in [3.8, 4) is 0 Å². The summed E-state index contributed by atoms with van der Waals surface area (Å²) in [6.07, 6.45) is 6.36. The van der Waals surface area contributed by atoms with Crippen LogP contribution < -0.4 is 10.9 Å². The van der Waals surface area contributed by atoms with Gasteiger partial charge >= 0.3 is 0 Å². The zero-order valence-corrected chi connectivity index (χ0v) is 16.5. The lowest BCUT2D eigenvalue weighted by atomic mass is 10.0. The maximum absolute atomic E-state index is 13.2. The van der Waals surface area contributed by atoms with Gasteiger partial charge in [-0.25, -0.2) is 4.39 Å². The number of rotatable bonds is 10. The van der Waals surface area contributed by atoms with Crippen molar-refractivity contribution < 1.29 is 14.0 Å². The summed E-state index contributed by atoms with van der Waals surface area (Å²) in [5, 5.41) is 2.96. The Balaban J connectivity index is 2.22. The van der Waals surface area contributed by atoms with Crippen molar-refractivity contribution in [2.75, 3.05) is 6.54 Å². The van der Waals surface area contributed by atoms with Crippen LogP contribution in [0.25, 0.3) is 0 Å². The molecule has 1 aromatic carbocycles. The summed E-state index contributed by atoms with van der Waals surface area (Å²) >= 11 is 5.96. The monoisotopic (exact) mass is 406 g/mol. The molecule has 0 fully saturated rings. The number of nitrogens with one attached hydrogen (secondary N) is 1. The Bertz CT molecular complexity index is 865. The van der Waals surface area contributed by atoms with Crippen molar-refractivity contribution in [1.82, 2.24) is 9.88 Å². The largest absolute Gasteiger partial charge is 0.354 e. The molecule has 150 valence electrons. The second-order valence-electron chi connectivity index (χ2n) is 6.57. The molecule has 1 amide bonds. The molecule has 28 heavy (non-hydrogen) atoms. The number of hydrogen-bond acceptors (Lipinski definition) is 3. The van der Waals surface area contributed by atoms with E-state index in [1.807, 2.05) is 0 Å². The van der Waals surface area contributed by atoms with E-state index in [1.54, 1.807) is 0 Å². The van der Waals surface area contributed by atoms with Gasteiger partial charge in [0.15, 0.2) is 11.8 Å². The molecular weight excluding hydrogens is 383 g/mol. The molecule has 0 saturated heterocycles. The minimum Gasteiger partial charge on any atom is -0.354 e. The Kier molecular flexibility index (Phi) is 8.39. The smallest absolute Gasteiger partial charge is 0.251 e. The Morgan fingerprint density at radius 2 is 1.75 bits per heavy atom. The fourth-order valence-electron chi connectivity index (χ4n) is 2.86. The Morgan fingerprint density at radius 1 is 1.07 bits per heavy atom. The molecular formula is C21H24ClFN2O3. The molecule has 5 nitrogen and oxygen atoms in total. The number of amides is 1. The molecule has 0 radical (unpaired) electrons. The molecule has 0 aliphatic heterocycles. The summed E-state index contributed by atoms with van der Waals surface area (Å²) < 4.78 is 14.2. The predicted molar refractivity (Wildman–Crippen MR) is 107 cm³/mol. The Hall–Kier alpha value is -2.47. The van der Waals surface area contributed by atoms with Crippen molar-refractivity contribution in [2.24, 2.45) is 0 Å². The summed E-state index contributed by atoms with van der Waals surface area (Å²) in [4.78, 5) is 38.0. The van der Waals surface area contributed by atoms with Crippen LogP contribution in [-0.2, 0) is 4.79 Å². The van der Waals surface area contributed by atoms with Crippen molar-refractivity contribution in [2.45, 2.75) is 45.1 Å². The third-order valence-electron chi connectivity index (χ3n) is 4.39. The summed E-state index contributed by atoms with van der Waals surface area (Å²) in [7, 11) is 0. The number of Topliss-reactive ketones (excluding diaryl/α,β-unsaturated/α-hetero) is 1. The van der Waals surface area contributed by atoms with Crippen LogP contribution >= 0.6 is 11.6 Å². The second-order valence-corrected chi connectivity index (χ2v) is 7.01. The minimum atomic E-state index is -1.41. The van der Waals surface area contributed by atoms with Crippen molar-refractivity contribution in [1.29, 1.82) is 0 Å². The van der Waals surface area contributed by atoms with Gasteiger partial charge in [0.1, 0.15) is 5.82 Å². The quantitative estimate of drug-likeness (QED) is 0.366. The minimum absolute atomic E-state index is 0.136. The molecule has 1 aromatic heterocycles. The molecule has 1 heterocycles. The van der Waals surface area contributed by atoms with Crippen molar-refractivity contribution in [3.05, 3.63) is 69.4 Å². The number of halogens is 2. The molecule has 1 unspecified atom stereocenters. The molecule has 0 aliphatic carbocycles. The normalized spacial score (nSPS) is 11.8. The molecule has 7 heteroatoms. The maximum atomic E-state index is 13.2. The third kappa shape index (κ3) is 6.02. The van der Waals surface area contributed by atoms with Gasteiger partial charge in [-0.2, -0.15) is 0 Å². The zero-order chi connectivity index (χ0) is 20.5. The van der Waals surface area contributed by atoms with Crippen LogP contribution in [0.2, 0.25) is 5.02 Å². The first-order valence-corrected chi connectivity index (χ1v) is 9.77. The fourth-order valence-corrected chi connectivity index (χ4v) is 3.03. The highest BCUT2D eigenvalue weighted by atomic mass is 35.5. The predicted octanol–water partition coefficient (Wildman–Crippen LogP) is 4.15. The van der Waals surface area contributed by atoms with E-state index in [4.69, 9.17) is 11.6 Å². The van der Waals surface area contributed by atoms with E-state index in [0.717, 1.165) is 48.8 Å². The highest BCUT2D eigenvalue weighted by molar-refractivity contribution is 6.30. The van der Waals surface area contributed by atoms with Gasteiger partial charge in [-0.1, -0.05) is 44.2 Å². The molecule has 2 aromatic rings. The van der Waals surface area contributed by atoms with Gasteiger partial charge in [0.25, 0.3) is 11.5 Å². The van der Waals surface area contributed by atoms with Gasteiger partial charge in [-0.3, -0.25) is 19.0 Å². The number of carbonyl (C=O) groups is 2. The van der Waals surface area contributed by atoms with Crippen LogP contribution in [-0.4, -0.2) is 22.8 Å². The van der Waals surface area contributed by atoms with Gasteiger partial charge in [0, 0.05) is 24.4 Å². The number of carbonyl (C=O) groups excluding carboxylic acids is 2. The summed E-state index contributed by atoms with van der Waals surface area (Å²) in [5.41, 5.74) is -0.390. The number of unbranched alkanes of at least 4 members (excludes halogenated alkanes) is 4. The number of pyridine rings is 1. The summed E-state index contributed by atoms with van der Waals surface area (Å²) in [6.45, 7) is 2.53. The number of nitrogens with zero attached hydrogens (tertiary/aromatic N) is 1. The zero-order valence-electron chi connectivity index (χ0n) is 15.8. The lowest BCUT2D eigenvalue weighted by Crippen LogP contribution is -2.41. The van der Waals surface area contributed by atoms with Crippen LogP contribution in [0.5, 0.6) is 0 Å². The van der Waals surface area contributed by atoms with Gasteiger partial charge in [-0.05, 0) is 36.8 Å². The molecule has 2 rings (SSSR count). The van der Waals surface area contributed by atoms with Crippen molar-refractivity contribution >= 4 is 23.3 Å². The average Bonchev–Trinajstić information content (AvgIpc) is 2.68. The van der Waals surface area contributed by atoms with Crippen LogP contribution in [0.15, 0.2) is 47.4 Å². The van der Waals surface area contributed by atoms with Crippen LogP contribution in [0.3, 0.4) is 0 Å². The summed E-state index contributed by atoms with van der Waals surface area (Å²) in [5.74, 6) is -1.69. The van der Waals surface area contributed by atoms with E-state index in [9.17, 15) is 18.8 Å². The Morgan fingerprint density at radius 3 is 2.43 bits per heavy atom. The van der Waals surface area contributed by atoms with Crippen LogP contribution in [0.4, 0.5) is 4.39 Å². The third-order valence-corrected chi connectivity index (χ3v) is 4.61. The van der Waals surface area contributed by atoms with Crippen LogP contribution in [0.1, 0.15) is 55.4 Å². The van der Waals surface area contributed by atoms with E-state index in [-0.39, 0.29) is 10.6 Å². The second kappa shape index (κ2) is 10.8. The molecule has 1 N–H and O–H groups in total.